The summed E-state index contributed by atoms with van der Waals surface area (Å²) in [5, 5.41) is 9.39. The Labute approximate surface area is 102 Å². The zero-order chi connectivity index (χ0) is 12.1. The maximum Gasteiger partial charge on any atom is 0.0875 e. The molecule has 94 valence electrons. The molecule has 17 heavy (non-hydrogen) atoms. The number of benzene rings is 1. The van der Waals surface area contributed by atoms with Crippen LogP contribution >= 0.6 is 0 Å². The highest BCUT2D eigenvalue weighted by Gasteiger charge is 2.26. The average molecular weight is 236 g/mol. The van der Waals surface area contributed by atoms with E-state index >= 15 is 0 Å². The first-order valence-corrected chi connectivity index (χ1v) is 6.15. The Morgan fingerprint density at radius 1 is 1.47 bits per heavy atom. The summed E-state index contributed by atoms with van der Waals surface area (Å²) in [7, 11) is 1.69. The summed E-state index contributed by atoms with van der Waals surface area (Å²) in [6.45, 7) is 1.60. The molecule has 3 nitrogen and oxygen atoms in total. The molecule has 0 saturated carbocycles. The molecule has 1 aliphatic rings. The van der Waals surface area contributed by atoms with Crippen LogP contribution in [-0.4, -0.2) is 25.4 Å². The fourth-order valence-corrected chi connectivity index (χ4v) is 2.43. The summed E-state index contributed by atoms with van der Waals surface area (Å²) in [6, 6.07) is 8.25. The number of hydrogen-bond acceptors (Lipinski definition) is 3. The standard InChI is InChI=1S/C14H20O3/c1-16-10-11-4-2-5-12(8-11)14-13(9-15)6-3-7-17-14/h2,4-5,8,13-15H,3,6-7,9-10H2,1H3. The average Bonchev–Trinajstić information content (AvgIpc) is 2.39. The third-order valence-corrected chi connectivity index (χ3v) is 3.27. The normalized spacial score (nSPS) is 24.8. The molecule has 1 fully saturated rings. The first-order valence-electron chi connectivity index (χ1n) is 6.15. The number of methoxy groups -OCH3 is 1. The molecule has 1 saturated heterocycles. The first kappa shape index (κ1) is 12.6. The molecule has 0 radical (unpaired) electrons. The van der Waals surface area contributed by atoms with Gasteiger partial charge in [0.2, 0.25) is 0 Å². The molecular formula is C14H20O3. The number of hydrogen-bond donors (Lipinski definition) is 1. The van der Waals surface area contributed by atoms with Crippen molar-refractivity contribution in [1.82, 2.24) is 0 Å². The van der Waals surface area contributed by atoms with Gasteiger partial charge in [-0.05, 0) is 24.0 Å². The minimum Gasteiger partial charge on any atom is -0.396 e. The van der Waals surface area contributed by atoms with Crippen molar-refractivity contribution in [2.24, 2.45) is 5.92 Å². The highest BCUT2D eigenvalue weighted by molar-refractivity contribution is 5.25. The van der Waals surface area contributed by atoms with Gasteiger partial charge in [-0.1, -0.05) is 24.3 Å². The first-order chi connectivity index (χ1) is 8.35. The Balaban J connectivity index is 2.16. The second-order valence-corrected chi connectivity index (χ2v) is 4.55. The van der Waals surface area contributed by atoms with E-state index in [0.29, 0.717) is 6.61 Å². The van der Waals surface area contributed by atoms with Crippen LogP contribution in [0.4, 0.5) is 0 Å². The molecule has 2 atom stereocenters. The van der Waals surface area contributed by atoms with Crippen LogP contribution in [-0.2, 0) is 16.1 Å². The Kier molecular flexibility index (Phi) is 4.54. The molecular weight excluding hydrogens is 216 g/mol. The summed E-state index contributed by atoms with van der Waals surface area (Å²) in [5.74, 6) is 0.224. The van der Waals surface area contributed by atoms with E-state index in [1.165, 1.54) is 0 Å². The summed E-state index contributed by atoms with van der Waals surface area (Å²) >= 11 is 0. The molecule has 1 aliphatic heterocycles. The molecule has 0 bridgehead atoms. The largest absolute Gasteiger partial charge is 0.396 e. The smallest absolute Gasteiger partial charge is 0.0875 e. The van der Waals surface area contributed by atoms with Crippen LogP contribution in [0.3, 0.4) is 0 Å². The molecule has 0 aliphatic carbocycles. The van der Waals surface area contributed by atoms with Crippen molar-refractivity contribution in [3.63, 3.8) is 0 Å². The number of aliphatic hydroxyl groups is 1. The lowest BCUT2D eigenvalue weighted by Gasteiger charge is -2.31. The number of rotatable bonds is 4. The van der Waals surface area contributed by atoms with Crippen molar-refractivity contribution >= 4 is 0 Å². The van der Waals surface area contributed by atoms with Gasteiger partial charge in [-0.15, -0.1) is 0 Å². The van der Waals surface area contributed by atoms with Crippen LogP contribution in [0.25, 0.3) is 0 Å². The quantitative estimate of drug-likeness (QED) is 0.871. The lowest BCUT2D eigenvalue weighted by Crippen LogP contribution is -2.25. The van der Waals surface area contributed by atoms with Gasteiger partial charge in [0.25, 0.3) is 0 Å². The SMILES string of the molecule is COCc1cccc(C2OCCCC2CO)c1. The fraction of sp³-hybridized carbons (Fsp3) is 0.571. The minimum atomic E-state index is 0.0329. The lowest BCUT2D eigenvalue weighted by molar-refractivity contribution is -0.0457. The van der Waals surface area contributed by atoms with Gasteiger partial charge >= 0.3 is 0 Å². The van der Waals surface area contributed by atoms with Crippen LogP contribution in [0.15, 0.2) is 24.3 Å². The van der Waals surface area contributed by atoms with Crippen LogP contribution in [0.1, 0.15) is 30.1 Å². The summed E-state index contributed by atoms with van der Waals surface area (Å²) in [4.78, 5) is 0. The van der Waals surface area contributed by atoms with E-state index in [0.717, 1.165) is 30.6 Å². The van der Waals surface area contributed by atoms with Gasteiger partial charge in [0.1, 0.15) is 0 Å². The zero-order valence-electron chi connectivity index (χ0n) is 10.3. The van der Waals surface area contributed by atoms with Gasteiger partial charge in [-0.25, -0.2) is 0 Å². The summed E-state index contributed by atoms with van der Waals surface area (Å²) in [5.41, 5.74) is 2.30. The van der Waals surface area contributed by atoms with Crippen LogP contribution in [0.2, 0.25) is 0 Å². The summed E-state index contributed by atoms with van der Waals surface area (Å²) in [6.07, 6.45) is 2.11. The van der Waals surface area contributed by atoms with E-state index in [-0.39, 0.29) is 18.6 Å². The molecule has 1 N–H and O–H groups in total. The molecule has 1 aromatic rings. The third kappa shape index (κ3) is 3.06. The van der Waals surface area contributed by atoms with Crippen LogP contribution in [0.5, 0.6) is 0 Å². The molecule has 3 heteroatoms. The van der Waals surface area contributed by atoms with Gasteiger partial charge in [-0.3, -0.25) is 0 Å². The Morgan fingerprint density at radius 2 is 2.35 bits per heavy atom. The predicted octanol–water partition coefficient (Wildman–Crippen LogP) is 2.29. The maximum atomic E-state index is 9.39. The van der Waals surface area contributed by atoms with E-state index in [1.807, 2.05) is 12.1 Å². The molecule has 0 amide bonds. The Morgan fingerprint density at radius 3 is 3.12 bits per heavy atom. The van der Waals surface area contributed by atoms with Crippen molar-refractivity contribution in [3.05, 3.63) is 35.4 Å². The van der Waals surface area contributed by atoms with Crippen LogP contribution in [0, 0.1) is 5.92 Å². The van der Waals surface area contributed by atoms with Crippen molar-refractivity contribution in [2.75, 3.05) is 20.3 Å². The second-order valence-electron chi connectivity index (χ2n) is 4.55. The van der Waals surface area contributed by atoms with Crippen molar-refractivity contribution in [1.29, 1.82) is 0 Å². The maximum absolute atomic E-state index is 9.39. The second kappa shape index (κ2) is 6.15. The van der Waals surface area contributed by atoms with Crippen molar-refractivity contribution < 1.29 is 14.6 Å². The number of ether oxygens (including phenoxy) is 2. The van der Waals surface area contributed by atoms with E-state index in [2.05, 4.69) is 12.1 Å². The molecule has 2 rings (SSSR count). The van der Waals surface area contributed by atoms with Gasteiger partial charge in [0, 0.05) is 26.2 Å². The highest BCUT2D eigenvalue weighted by atomic mass is 16.5. The highest BCUT2D eigenvalue weighted by Crippen LogP contribution is 2.33. The topological polar surface area (TPSA) is 38.7 Å². The molecule has 1 heterocycles. The zero-order valence-corrected chi connectivity index (χ0v) is 10.3. The predicted molar refractivity (Wildman–Crippen MR) is 65.7 cm³/mol. The van der Waals surface area contributed by atoms with Gasteiger partial charge in [0.15, 0.2) is 0 Å². The molecule has 0 spiro atoms. The minimum absolute atomic E-state index is 0.0329. The van der Waals surface area contributed by atoms with Crippen molar-refractivity contribution in [2.45, 2.75) is 25.6 Å². The molecule has 0 aromatic heterocycles. The molecule has 1 aromatic carbocycles. The van der Waals surface area contributed by atoms with E-state index in [1.54, 1.807) is 7.11 Å². The Hall–Kier alpha value is -0.900. The van der Waals surface area contributed by atoms with E-state index < -0.39 is 0 Å². The van der Waals surface area contributed by atoms with Crippen LogP contribution < -0.4 is 0 Å². The van der Waals surface area contributed by atoms with Crippen molar-refractivity contribution in [3.8, 4) is 0 Å². The molecule has 2 unspecified atom stereocenters. The van der Waals surface area contributed by atoms with E-state index in [9.17, 15) is 5.11 Å². The fourth-order valence-electron chi connectivity index (χ4n) is 2.43. The number of aliphatic hydroxyl groups excluding tert-OH is 1. The third-order valence-electron chi connectivity index (χ3n) is 3.27. The summed E-state index contributed by atoms with van der Waals surface area (Å²) < 4.78 is 10.9. The monoisotopic (exact) mass is 236 g/mol. The Bertz CT molecular complexity index is 351. The van der Waals surface area contributed by atoms with Gasteiger partial charge in [0.05, 0.1) is 12.7 Å². The lowest BCUT2D eigenvalue weighted by atomic mass is 9.89. The van der Waals surface area contributed by atoms with E-state index in [4.69, 9.17) is 9.47 Å². The van der Waals surface area contributed by atoms with Gasteiger partial charge in [-0.2, -0.15) is 0 Å². The van der Waals surface area contributed by atoms with Gasteiger partial charge < -0.3 is 14.6 Å².